The molecule has 0 spiro atoms. The summed E-state index contributed by atoms with van der Waals surface area (Å²) in [6, 6.07) is 4.76. The summed E-state index contributed by atoms with van der Waals surface area (Å²) < 4.78 is 5.24. The molecule has 1 aliphatic carbocycles. The topological polar surface area (TPSA) is 105 Å². The van der Waals surface area contributed by atoms with Crippen LogP contribution in [0.4, 0.5) is 5.69 Å². The molecule has 0 aromatic heterocycles. The summed E-state index contributed by atoms with van der Waals surface area (Å²) in [6.45, 7) is 8.04. The van der Waals surface area contributed by atoms with Gasteiger partial charge in [-0.3, -0.25) is 14.4 Å². The first-order valence-corrected chi connectivity index (χ1v) is 8.59. The van der Waals surface area contributed by atoms with Crippen molar-refractivity contribution in [2.45, 2.75) is 27.7 Å². The predicted octanol–water partition coefficient (Wildman–Crippen LogP) is 2.38. The Bertz CT molecular complexity index is 727. The number of aliphatic carboxylic acids is 1. The molecule has 1 fully saturated rings. The van der Waals surface area contributed by atoms with E-state index in [9.17, 15) is 19.5 Å². The molecule has 1 aromatic rings. The molecule has 142 valence electrons. The van der Waals surface area contributed by atoms with Crippen molar-refractivity contribution in [3.05, 3.63) is 23.8 Å². The number of carboxylic acid groups (broad SMARTS) is 1. The third-order valence-electron chi connectivity index (χ3n) is 4.77. The first-order chi connectivity index (χ1) is 12.1. The lowest BCUT2D eigenvalue weighted by Gasteiger charge is -2.13. The minimum absolute atomic E-state index is 0.244. The Morgan fingerprint density at radius 3 is 2.38 bits per heavy atom. The molecule has 2 atom stereocenters. The van der Waals surface area contributed by atoms with E-state index in [1.807, 2.05) is 13.8 Å². The highest BCUT2D eigenvalue weighted by atomic mass is 16.5. The maximum Gasteiger partial charge on any atom is 0.307 e. The zero-order valence-electron chi connectivity index (χ0n) is 15.8. The van der Waals surface area contributed by atoms with Gasteiger partial charge in [0.15, 0.2) is 0 Å². The second-order valence-electron chi connectivity index (χ2n) is 7.62. The van der Waals surface area contributed by atoms with Crippen LogP contribution in [0.15, 0.2) is 18.2 Å². The van der Waals surface area contributed by atoms with Crippen LogP contribution < -0.4 is 15.4 Å². The van der Waals surface area contributed by atoms with E-state index in [2.05, 4.69) is 10.6 Å². The number of methoxy groups -OCH3 is 1. The molecule has 0 aliphatic heterocycles. The SMILES string of the molecule is COc1ccc(C(=O)NCC(C)C)cc1NC(=O)[C@H]1[C@H](C(=O)O)C1(C)C. The van der Waals surface area contributed by atoms with Crippen molar-refractivity contribution >= 4 is 23.5 Å². The Morgan fingerprint density at radius 1 is 1.23 bits per heavy atom. The van der Waals surface area contributed by atoms with Crippen LogP contribution in [0.25, 0.3) is 0 Å². The van der Waals surface area contributed by atoms with Gasteiger partial charge < -0.3 is 20.5 Å². The van der Waals surface area contributed by atoms with Crippen molar-refractivity contribution in [3.8, 4) is 5.75 Å². The highest BCUT2D eigenvalue weighted by molar-refractivity contribution is 6.02. The van der Waals surface area contributed by atoms with E-state index in [-0.39, 0.29) is 11.8 Å². The number of benzene rings is 1. The molecule has 0 bridgehead atoms. The van der Waals surface area contributed by atoms with Crippen LogP contribution >= 0.6 is 0 Å². The number of amides is 2. The van der Waals surface area contributed by atoms with Crippen molar-refractivity contribution in [2.24, 2.45) is 23.2 Å². The van der Waals surface area contributed by atoms with E-state index >= 15 is 0 Å². The van der Waals surface area contributed by atoms with E-state index in [1.54, 1.807) is 26.0 Å². The number of carboxylic acids is 1. The quantitative estimate of drug-likeness (QED) is 0.691. The Labute approximate surface area is 153 Å². The van der Waals surface area contributed by atoms with Gasteiger partial charge in [-0.15, -0.1) is 0 Å². The van der Waals surface area contributed by atoms with Crippen LogP contribution in [0.2, 0.25) is 0 Å². The van der Waals surface area contributed by atoms with Gasteiger partial charge in [0.1, 0.15) is 5.75 Å². The van der Waals surface area contributed by atoms with E-state index in [4.69, 9.17) is 4.74 Å². The van der Waals surface area contributed by atoms with Gasteiger partial charge in [0, 0.05) is 12.1 Å². The fourth-order valence-corrected chi connectivity index (χ4v) is 3.14. The lowest BCUT2D eigenvalue weighted by atomic mass is 10.1. The van der Waals surface area contributed by atoms with Gasteiger partial charge in [0.05, 0.1) is 24.6 Å². The van der Waals surface area contributed by atoms with Crippen molar-refractivity contribution in [1.29, 1.82) is 0 Å². The van der Waals surface area contributed by atoms with Gasteiger partial charge in [0.2, 0.25) is 5.91 Å². The monoisotopic (exact) mass is 362 g/mol. The first kappa shape index (κ1) is 19.8. The molecule has 7 heteroatoms. The number of carbonyl (C=O) groups is 3. The maximum atomic E-state index is 12.5. The van der Waals surface area contributed by atoms with Crippen molar-refractivity contribution in [2.75, 3.05) is 19.0 Å². The number of ether oxygens (including phenoxy) is 1. The lowest BCUT2D eigenvalue weighted by molar-refractivity contribution is -0.140. The van der Waals surface area contributed by atoms with Crippen molar-refractivity contribution in [1.82, 2.24) is 5.32 Å². The molecule has 1 aromatic carbocycles. The molecule has 1 saturated carbocycles. The molecule has 2 amide bonds. The van der Waals surface area contributed by atoms with Crippen LogP contribution in [0.1, 0.15) is 38.1 Å². The van der Waals surface area contributed by atoms with Gasteiger partial charge in [-0.25, -0.2) is 0 Å². The van der Waals surface area contributed by atoms with Crippen molar-refractivity contribution < 1.29 is 24.2 Å². The number of carbonyl (C=O) groups excluding carboxylic acids is 2. The summed E-state index contributed by atoms with van der Waals surface area (Å²) in [4.78, 5) is 36.1. The smallest absolute Gasteiger partial charge is 0.307 e. The van der Waals surface area contributed by atoms with E-state index in [0.717, 1.165) is 0 Å². The van der Waals surface area contributed by atoms with Crippen LogP contribution in [0.3, 0.4) is 0 Å². The van der Waals surface area contributed by atoms with E-state index < -0.39 is 23.2 Å². The van der Waals surface area contributed by atoms with E-state index in [0.29, 0.717) is 29.5 Å². The lowest BCUT2D eigenvalue weighted by Crippen LogP contribution is -2.27. The first-order valence-electron chi connectivity index (χ1n) is 8.59. The van der Waals surface area contributed by atoms with Gasteiger partial charge in [-0.05, 0) is 29.5 Å². The zero-order valence-corrected chi connectivity index (χ0v) is 15.8. The molecule has 0 radical (unpaired) electrons. The fraction of sp³-hybridized carbons (Fsp3) is 0.526. The Balaban J connectivity index is 2.18. The molecule has 7 nitrogen and oxygen atoms in total. The number of hydrogen-bond donors (Lipinski definition) is 3. The third-order valence-corrected chi connectivity index (χ3v) is 4.77. The summed E-state index contributed by atoms with van der Waals surface area (Å²) >= 11 is 0. The minimum atomic E-state index is -0.982. The maximum absolute atomic E-state index is 12.5. The third kappa shape index (κ3) is 3.98. The highest BCUT2D eigenvalue weighted by Crippen LogP contribution is 2.58. The Morgan fingerprint density at radius 2 is 1.88 bits per heavy atom. The van der Waals surface area contributed by atoms with Gasteiger partial charge in [-0.2, -0.15) is 0 Å². The van der Waals surface area contributed by atoms with Crippen LogP contribution in [-0.4, -0.2) is 36.5 Å². The largest absolute Gasteiger partial charge is 0.495 e. The summed E-state index contributed by atoms with van der Waals surface area (Å²) in [5.74, 6) is -2.23. The van der Waals surface area contributed by atoms with Crippen molar-refractivity contribution in [3.63, 3.8) is 0 Å². The summed E-state index contributed by atoms with van der Waals surface area (Å²) in [5.41, 5.74) is 0.142. The molecule has 2 rings (SSSR count). The number of hydrogen-bond acceptors (Lipinski definition) is 4. The van der Waals surface area contributed by atoms with E-state index in [1.165, 1.54) is 13.2 Å². The second kappa shape index (κ2) is 7.35. The Kier molecular flexibility index (Phi) is 5.59. The number of rotatable bonds is 7. The van der Waals surface area contributed by atoms with Crippen LogP contribution in [0, 0.1) is 23.2 Å². The predicted molar refractivity (Wildman–Crippen MR) is 97.2 cm³/mol. The number of nitrogens with one attached hydrogen (secondary N) is 2. The molecule has 0 saturated heterocycles. The summed E-state index contributed by atoms with van der Waals surface area (Å²) in [5, 5.41) is 14.8. The average Bonchev–Trinajstić information content (AvgIpc) is 3.15. The average molecular weight is 362 g/mol. The highest BCUT2D eigenvalue weighted by Gasteiger charge is 2.65. The fourth-order valence-electron chi connectivity index (χ4n) is 3.14. The molecular weight excluding hydrogens is 336 g/mol. The minimum Gasteiger partial charge on any atom is -0.495 e. The zero-order chi connectivity index (χ0) is 19.6. The van der Waals surface area contributed by atoms with Crippen LogP contribution in [-0.2, 0) is 9.59 Å². The van der Waals surface area contributed by atoms with Gasteiger partial charge >= 0.3 is 5.97 Å². The summed E-state index contributed by atoms with van der Waals surface area (Å²) in [7, 11) is 1.46. The number of anilines is 1. The van der Waals surface area contributed by atoms with Gasteiger partial charge in [0.25, 0.3) is 5.91 Å². The molecular formula is C19H26N2O5. The molecule has 0 unspecified atom stereocenters. The van der Waals surface area contributed by atoms with Crippen LogP contribution in [0.5, 0.6) is 5.75 Å². The van der Waals surface area contributed by atoms with Gasteiger partial charge in [-0.1, -0.05) is 27.7 Å². The molecule has 1 aliphatic rings. The Hall–Kier alpha value is -2.57. The standard InChI is InChI=1S/C19H26N2O5/c1-10(2)9-20-16(22)11-6-7-13(26-5)12(8-11)21-17(23)14-15(18(24)25)19(14,3)4/h6-8,10,14-15H,9H2,1-5H3,(H,20,22)(H,21,23)(H,24,25)/t14-,15-/m1/s1. The molecule has 3 N–H and O–H groups in total. The molecule has 26 heavy (non-hydrogen) atoms. The second-order valence-corrected chi connectivity index (χ2v) is 7.62. The normalized spacial score (nSPS) is 20.4. The molecule has 0 heterocycles. The summed E-state index contributed by atoms with van der Waals surface area (Å²) in [6.07, 6.45) is 0.